The standard InChI is InChI=1S/C19H15F6N3O3/c1-30-9-16(29)26-17-13-7-12(4-5-15(13)27-28-17)31-8-10-2-3-11(18(20,21)22)6-14(10)19(23,24)25/h2-7H,8-9H2,1H3,(H2,26,27,28,29). The van der Waals surface area contributed by atoms with Crippen molar-refractivity contribution in [3.8, 4) is 5.75 Å². The SMILES string of the molecule is COCC(=O)Nc1n[nH]c2ccc(OCc3ccc(C(F)(F)F)cc3C(F)(F)F)cc12. The summed E-state index contributed by atoms with van der Waals surface area (Å²) >= 11 is 0. The van der Waals surface area contributed by atoms with E-state index in [0.717, 1.165) is 6.07 Å². The lowest BCUT2D eigenvalue weighted by Gasteiger charge is -2.16. The minimum Gasteiger partial charge on any atom is -0.489 e. The molecule has 0 bridgehead atoms. The Morgan fingerprint density at radius 1 is 1.06 bits per heavy atom. The molecule has 3 aromatic rings. The Kier molecular flexibility index (Phi) is 6.11. The van der Waals surface area contributed by atoms with Crippen LogP contribution >= 0.6 is 0 Å². The van der Waals surface area contributed by atoms with Gasteiger partial charge in [0.25, 0.3) is 5.91 Å². The highest BCUT2D eigenvalue weighted by atomic mass is 19.4. The monoisotopic (exact) mass is 447 g/mol. The lowest BCUT2D eigenvalue weighted by Crippen LogP contribution is -2.17. The second kappa shape index (κ2) is 8.46. The van der Waals surface area contributed by atoms with E-state index in [1.165, 1.54) is 25.3 Å². The number of nitrogens with one attached hydrogen (secondary N) is 2. The summed E-state index contributed by atoms with van der Waals surface area (Å²) in [7, 11) is 1.34. The number of amides is 1. The van der Waals surface area contributed by atoms with E-state index in [0.29, 0.717) is 17.0 Å². The highest BCUT2D eigenvalue weighted by molar-refractivity contribution is 6.00. The Labute approximate surface area is 171 Å². The van der Waals surface area contributed by atoms with E-state index in [1.807, 2.05) is 0 Å². The summed E-state index contributed by atoms with van der Waals surface area (Å²) in [5, 5.41) is 9.52. The average Bonchev–Trinajstić information content (AvgIpc) is 3.07. The van der Waals surface area contributed by atoms with Crippen LogP contribution < -0.4 is 10.1 Å². The van der Waals surface area contributed by atoms with Crippen molar-refractivity contribution in [1.82, 2.24) is 10.2 Å². The summed E-state index contributed by atoms with van der Waals surface area (Å²) in [6.45, 7) is -0.833. The minimum absolute atomic E-state index is 0.0569. The summed E-state index contributed by atoms with van der Waals surface area (Å²) < 4.78 is 88.2. The number of rotatable bonds is 6. The second-order valence-electron chi connectivity index (χ2n) is 6.42. The number of carbonyl (C=O) groups excluding carboxylic acids is 1. The quantitative estimate of drug-likeness (QED) is 0.534. The van der Waals surface area contributed by atoms with Crippen LogP contribution in [-0.2, 0) is 28.5 Å². The molecule has 6 nitrogen and oxygen atoms in total. The molecule has 0 saturated heterocycles. The van der Waals surface area contributed by atoms with Gasteiger partial charge >= 0.3 is 12.4 Å². The Balaban J connectivity index is 1.84. The number of nitrogens with zero attached hydrogens (tertiary/aromatic N) is 1. The molecule has 0 radical (unpaired) electrons. The van der Waals surface area contributed by atoms with Crippen molar-refractivity contribution in [2.24, 2.45) is 0 Å². The third-order valence-corrected chi connectivity index (χ3v) is 4.20. The highest BCUT2D eigenvalue weighted by Gasteiger charge is 2.38. The van der Waals surface area contributed by atoms with Gasteiger partial charge in [-0.25, -0.2) is 0 Å². The molecule has 1 heterocycles. The third-order valence-electron chi connectivity index (χ3n) is 4.20. The van der Waals surface area contributed by atoms with E-state index in [2.05, 4.69) is 15.5 Å². The molecule has 2 N–H and O–H groups in total. The number of aromatic nitrogens is 2. The summed E-state index contributed by atoms with van der Waals surface area (Å²) in [5.74, 6) is -0.182. The Morgan fingerprint density at radius 2 is 1.81 bits per heavy atom. The number of aromatic amines is 1. The van der Waals surface area contributed by atoms with E-state index >= 15 is 0 Å². The molecule has 0 atom stereocenters. The zero-order valence-corrected chi connectivity index (χ0v) is 15.8. The van der Waals surface area contributed by atoms with Gasteiger partial charge in [0, 0.05) is 18.1 Å². The molecule has 0 unspecified atom stereocenters. The van der Waals surface area contributed by atoms with Crippen LogP contribution in [0.1, 0.15) is 16.7 Å². The van der Waals surface area contributed by atoms with Crippen molar-refractivity contribution < 1.29 is 40.6 Å². The molecule has 2 aromatic carbocycles. The van der Waals surface area contributed by atoms with E-state index in [1.54, 1.807) is 0 Å². The molecule has 1 aromatic heterocycles. The van der Waals surface area contributed by atoms with Crippen molar-refractivity contribution >= 4 is 22.6 Å². The molecule has 0 spiro atoms. The van der Waals surface area contributed by atoms with Gasteiger partial charge in [0.15, 0.2) is 5.82 Å². The number of fused-ring (bicyclic) bond motifs is 1. The largest absolute Gasteiger partial charge is 0.489 e. The molecule has 0 saturated carbocycles. The predicted molar refractivity (Wildman–Crippen MR) is 97.4 cm³/mol. The van der Waals surface area contributed by atoms with Crippen molar-refractivity contribution in [3.05, 3.63) is 53.1 Å². The molecule has 12 heteroatoms. The summed E-state index contributed by atoms with van der Waals surface area (Å²) in [4.78, 5) is 11.7. The predicted octanol–water partition coefficient (Wildman–Crippen LogP) is 4.76. The molecule has 1 amide bonds. The van der Waals surface area contributed by atoms with Gasteiger partial charge in [-0.05, 0) is 30.3 Å². The van der Waals surface area contributed by atoms with Crippen LogP contribution in [0.15, 0.2) is 36.4 Å². The van der Waals surface area contributed by atoms with Crippen molar-refractivity contribution in [1.29, 1.82) is 0 Å². The van der Waals surface area contributed by atoms with Crippen LogP contribution in [0.3, 0.4) is 0 Å². The zero-order chi connectivity index (χ0) is 22.8. The first kappa shape index (κ1) is 22.4. The van der Waals surface area contributed by atoms with Crippen LogP contribution in [0.2, 0.25) is 0 Å². The minimum atomic E-state index is -4.99. The van der Waals surface area contributed by atoms with E-state index < -0.39 is 41.6 Å². The third kappa shape index (κ3) is 5.26. The Bertz CT molecular complexity index is 1090. The highest BCUT2D eigenvalue weighted by Crippen LogP contribution is 2.37. The number of alkyl halides is 6. The first-order valence-electron chi connectivity index (χ1n) is 8.66. The molecular formula is C19H15F6N3O3. The van der Waals surface area contributed by atoms with E-state index in [-0.39, 0.29) is 24.2 Å². The van der Waals surface area contributed by atoms with E-state index in [4.69, 9.17) is 9.47 Å². The van der Waals surface area contributed by atoms with Crippen molar-refractivity contribution in [2.75, 3.05) is 19.0 Å². The fourth-order valence-corrected chi connectivity index (χ4v) is 2.78. The molecule has 0 fully saturated rings. The van der Waals surface area contributed by atoms with Crippen LogP contribution in [0.25, 0.3) is 10.9 Å². The maximum absolute atomic E-state index is 13.3. The number of ether oxygens (including phenoxy) is 2. The number of hydrogen-bond donors (Lipinski definition) is 2. The van der Waals surface area contributed by atoms with Crippen LogP contribution in [0.4, 0.5) is 32.2 Å². The Hall–Kier alpha value is -3.28. The first-order valence-corrected chi connectivity index (χ1v) is 8.66. The maximum Gasteiger partial charge on any atom is 0.416 e. The van der Waals surface area contributed by atoms with Crippen molar-refractivity contribution in [3.63, 3.8) is 0 Å². The fourth-order valence-electron chi connectivity index (χ4n) is 2.78. The topological polar surface area (TPSA) is 76.2 Å². The summed E-state index contributed by atoms with van der Waals surface area (Å²) in [6.07, 6.45) is -9.90. The van der Waals surface area contributed by atoms with Gasteiger partial charge < -0.3 is 14.8 Å². The van der Waals surface area contributed by atoms with Gasteiger partial charge in [-0.1, -0.05) is 6.07 Å². The zero-order valence-electron chi connectivity index (χ0n) is 15.8. The number of hydrogen-bond acceptors (Lipinski definition) is 4. The average molecular weight is 447 g/mol. The lowest BCUT2D eigenvalue weighted by molar-refractivity contribution is -0.143. The van der Waals surface area contributed by atoms with Crippen LogP contribution in [0, 0.1) is 0 Å². The van der Waals surface area contributed by atoms with Crippen LogP contribution in [0.5, 0.6) is 5.75 Å². The molecule has 0 aliphatic rings. The summed E-state index contributed by atoms with van der Waals surface area (Å²) in [6, 6.07) is 5.76. The lowest BCUT2D eigenvalue weighted by atomic mass is 10.0. The second-order valence-corrected chi connectivity index (χ2v) is 6.42. The fraction of sp³-hybridized carbons (Fsp3) is 0.263. The smallest absolute Gasteiger partial charge is 0.416 e. The molecule has 31 heavy (non-hydrogen) atoms. The van der Waals surface area contributed by atoms with Gasteiger partial charge in [-0.3, -0.25) is 9.89 Å². The number of methoxy groups -OCH3 is 1. The molecule has 0 aliphatic heterocycles. The number of H-pyrrole nitrogens is 1. The molecule has 3 rings (SSSR count). The molecule has 166 valence electrons. The van der Waals surface area contributed by atoms with Gasteiger partial charge in [0.1, 0.15) is 19.0 Å². The summed E-state index contributed by atoms with van der Waals surface area (Å²) in [5.41, 5.74) is -2.77. The maximum atomic E-state index is 13.3. The van der Waals surface area contributed by atoms with E-state index in [9.17, 15) is 31.1 Å². The van der Waals surface area contributed by atoms with Crippen molar-refractivity contribution in [2.45, 2.75) is 19.0 Å². The molecular weight excluding hydrogens is 432 g/mol. The van der Waals surface area contributed by atoms with Gasteiger partial charge in [0.05, 0.1) is 16.6 Å². The van der Waals surface area contributed by atoms with Gasteiger partial charge in [0.2, 0.25) is 0 Å². The Morgan fingerprint density at radius 3 is 2.45 bits per heavy atom. The normalized spacial score (nSPS) is 12.2. The number of carbonyl (C=O) groups is 1. The van der Waals surface area contributed by atoms with Crippen LogP contribution in [-0.4, -0.2) is 29.8 Å². The first-order chi connectivity index (χ1) is 14.5. The van der Waals surface area contributed by atoms with Gasteiger partial charge in [-0.15, -0.1) is 0 Å². The van der Waals surface area contributed by atoms with Gasteiger partial charge in [-0.2, -0.15) is 31.4 Å². The number of benzene rings is 2. The molecule has 0 aliphatic carbocycles. The number of anilines is 1. The number of halogens is 6.